The van der Waals surface area contributed by atoms with E-state index in [1.54, 1.807) is 32.3 Å². The fourth-order valence-electron chi connectivity index (χ4n) is 4.38. The Morgan fingerprint density at radius 3 is 2.63 bits per heavy atom. The number of benzene rings is 1. The number of ether oxygens (including phenoxy) is 1. The van der Waals surface area contributed by atoms with Gasteiger partial charge in [-0.05, 0) is 56.9 Å². The Bertz CT molecular complexity index is 1060. The number of allylic oxidation sites excluding steroid dienone is 2. The van der Waals surface area contributed by atoms with Crippen LogP contribution in [0.5, 0.6) is 0 Å². The number of hydrogen-bond acceptors (Lipinski definition) is 7. The second-order valence-electron chi connectivity index (χ2n) is 10.1. The first-order valence-electron chi connectivity index (χ1n) is 13.1. The van der Waals surface area contributed by atoms with Crippen LogP contribution in [0, 0.1) is 12.3 Å². The molecule has 0 radical (unpaired) electrons. The fourth-order valence-corrected chi connectivity index (χ4v) is 4.38. The van der Waals surface area contributed by atoms with Gasteiger partial charge in [0.05, 0.1) is 31.6 Å². The molecule has 1 aromatic carbocycles. The van der Waals surface area contributed by atoms with Crippen LogP contribution in [-0.4, -0.2) is 78.1 Å². The Morgan fingerprint density at radius 1 is 1.29 bits per heavy atom. The molecule has 204 valence electrons. The number of amides is 2. The molecule has 2 amide bonds. The first-order chi connectivity index (χ1) is 18.2. The van der Waals surface area contributed by atoms with E-state index >= 15 is 0 Å². The number of carbonyl (C=O) groups excluding carboxylic acids is 2. The molecule has 4 N–H and O–H groups in total. The molecule has 1 aromatic rings. The normalized spacial score (nSPS) is 19.6. The monoisotopic (exact) mass is 520 g/mol. The molecule has 0 saturated carbocycles. The van der Waals surface area contributed by atoms with Gasteiger partial charge in [-0.2, -0.15) is 0 Å². The second-order valence-corrected chi connectivity index (χ2v) is 10.1. The molecular weight excluding hydrogens is 480 g/mol. The van der Waals surface area contributed by atoms with Crippen molar-refractivity contribution in [1.82, 2.24) is 20.4 Å². The quantitative estimate of drug-likeness (QED) is 0.220. The van der Waals surface area contributed by atoms with Gasteiger partial charge in [0.15, 0.2) is 0 Å². The van der Waals surface area contributed by atoms with Crippen molar-refractivity contribution in [2.24, 2.45) is 10.7 Å². The highest BCUT2D eigenvalue weighted by Crippen LogP contribution is 2.21. The van der Waals surface area contributed by atoms with Crippen molar-refractivity contribution in [1.29, 1.82) is 0 Å². The molecule has 1 fully saturated rings. The van der Waals surface area contributed by atoms with Gasteiger partial charge in [0.2, 0.25) is 11.8 Å². The maximum atomic E-state index is 13.5. The highest BCUT2D eigenvalue weighted by Gasteiger charge is 2.36. The molecule has 1 saturated heterocycles. The Balaban J connectivity index is 1.70. The van der Waals surface area contributed by atoms with Crippen molar-refractivity contribution < 1.29 is 14.3 Å². The van der Waals surface area contributed by atoms with E-state index in [-0.39, 0.29) is 24.6 Å². The smallest absolute Gasteiger partial charge is 0.249 e. The van der Waals surface area contributed by atoms with Gasteiger partial charge < -0.3 is 25.6 Å². The summed E-state index contributed by atoms with van der Waals surface area (Å²) in [4.78, 5) is 34.6. The van der Waals surface area contributed by atoms with Crippen LogP contribution in [0.1, 0.15) is 39.2 Å². The highest BCUT2D eigenvalue weighted by atomic mass is 16.5. The van der Waals surface area contributed by atoms with Crippen LogP contribution < -0.4 is 16.4 Å². The molecule has 0 aromatic heterocycles. The lowest BCUT2D eigenvalue weighted by Gasteiger charge is -2.32. The van der Waals surface area contributed by atoms with Crippen LogP contribution in [0.15, 0.2) is 59.1 Å². The van der Waals surface area contributed by atoms with Crippen molar-refractivity contribution in [3.05, 3.63) is 59.7 Å². The predicted molar refractivity (Wildman–Crippen MR) is 150 cm³/mol. The molecule has 0 aliphatic carbocycles. The SMILES string of the molecule is C#C/C=C\C(=C/C)C(C(=O)N1CCCC1)N1C=N[C@H](N[C@@H](COCc2ccccc2)NC(=O)C(C)(C)N)C1. The Labute approximate surface area is 226 Å². The third kappa shape index (κ3) is 8.28. The molecule has 2 heterocycles. The predicted octanol–water partition coefficient (Wildman–Crippen LogP) is 1.77. The van der Waals surface area contributed by atoms with Gasteiger partial charge in [-0.1, -0.05) is 42.3 Å². The summed E-state index contributed by atoms with van der Waals surface area (Å²) < 4.78 is 5.90. The molecule has 2 aliphatic rings. The maximum Gasteiger partial charge on any atom is 0.249 e. The Morgan fingerprint density at radius 2 is 2.00 bits per heavy atom. The summed E-state index contributed by atoms with van der Waals surface area (Å²) in [5, 5.41) is 6.28. The first kappa shape index (κ1) is 29.1. The fraction of sp³-hybridized carbons (Fsp3) is 0.483. The topological polar surface area (TPSA) is 112 Å². The Kier molecular flexibility index (Phi) is 10.7. The van der Waals surface area contributed by atoms with Crippen LogP contribution in [0.3, 0.4) is 0 Å². The van der Waals surface area contributed by atoms with Crippen molar-refractivity contribution in [2.45, 2.75) is 64.1 Å². The molecule has 38 heavy (non-hydrogen) atoms. The molecule has 3 rings (SSSR count). The summed E-state index contributed by atoms with van der Waals surface area (Å²) in [6, 6.07) is 9.27. The number of nitrogens with zero attached hydrogens (tertiary/aromatic N) is 3. The minimum absolute atomic E-state index is 0.0327. The van der Waals surface area contributed by atoms with E-state index in [0.717, 1.165) is 37.1 Å². The summed E-state index contributed by atoms with van der Waals surface area (Å²) in [5.74, 6) is 2.23. The standard InChI is InChI=1S/C29H40N6O3/c1-5-7-15-23(6-2)26(27(36)34-16-11-12-17-34)35-18-24(31-21-35)32-25(33-28(37)29(3,4)30)20-38-19-22-13-9-8-10-14-22/h1,6-10,13-15,21,24-26,32H,11-12,16-20,30H2,2-4H3,(H,33,37)/b15-7-,23-6+/t24-,25-,26?/m1/s1. The lowest BCUT2D eigenvalue weighted by molar-refractivity contribution is -0.133. The molecule has 9 heteroatoms. The molecule has 3 atom stereocenters. The van der Waals surface area contributed by atoms with E-state index in [2.05, 4.69) is 21.5 Å². The van der Waals surface area contributed by atoms with Gasteiger partial charge in [0, 0.05) is 13.1 Å². The minimum Gasteiger partial charge on any atom is -0.373 e. The number of likely N-dealkylation sites (tertiary alicyclic amines) is 1. The van der Waals surface area contributed by atoms with Crippen molar-refractivity contribution in [3.63, 3.8) is 0 Å². The number of nitrogens with one attached hydrogen (secondary N) is 2. The second kappa shape index (κ2) is 13.9. The van der Waals surface area contributed by atoms with Gasteiger partial charge >= 0.3 is 0 Å². The lowest BCUT2D eigenvalue weighted by atomic mass is 10.0. The van der Waals surface area contributed by atoms with Crippen LogP contribution in [0.4, 0.5) is 0 Å². The zero-order valence-electron chi connectivity index (χ0n) is 22.6. The van der Waals surface area contributed by atoms with Gasteiger partial charge in [0.25, 0.3) is 0 Å². The summed E-state index contributed by atoms with van der Waals surface area (Å²) in [5.41, 5.74) is 6.80. The average molecular weight is 521 g/mol. The van der Waals surface area contributed by atoms with Gasteiger partial charge in [-0.3, -0.25) is 19.9 Å². The summed E-state index contributed by atoms with van der Waals surface area (Å²) in [6.07, 6.45) is 13.6. The van der Waals surface area contributed by atoms with E-state index in [1.807, 2.05) is 53.1 Å². The molecular formula is C29H40N6O3. The van der Waals surface area contributed by atoms with E-state index in [4.69, 9.17) is 16.9 Å². The van der Waals surface area contributed by atoms with Crippen molar-refractivity contribution in [3.8, 4) is 12.3 Å². The van der Waals surface area contributed by atoms with Gasteiger partial charge in [-0.25, -0.2) is 0 Å². The third-order valence-corrected chi connectivity index (χ3v) is 6.46. The molecule has 0 spiro atoms. The molecule has 1 unspecified atom stereocenters. The van der Waals surface area contributed by atoms with Crippen molar-refractivity contribution in [2.75, 3.05) is 26.2 Å². The number of rotatable bonds is 12. The van der Waals surface area contributed by atoms with Crippen LogP contribution in [0.2, 0.25) is 0 Å². The molecule has 2 aliphatic heterocycles. The van der Waals surface area contributed by atoms with Crippen LogP contribution >= 0.6 is 0 Å². The number of aliphatic imine (C=N–C) groups is 1. The Hall–Kier alpha value is -3.45. The summed E-state index contributed by atoms with van der Waals surface area (Å²) in [7, 11) is 0. The third-order valence-electron chi connectivity index (χ3n) is 6.46. The molecule has 9 nitrogen and oxygen atoms in total. The minimum atomic E-state index is -1.05. The largest absolute Gasteiger partial charge is 0.373 e. The average Bonchev–Trinajstić information content (AvgIpc) is 3.59. The number of carbonyl (C=O) groups is 2. The lowest BCUT2D eigenvalue weighted by Crippen LogP contribution is -2.59. The first-order valence-corrected chi connectivity index (χ1v) is 13.1. The van der Waals surface area contributed by atoms with Crippen LogP contribution in [-0.2, 0) is 20.9 Å². The summed E-state index contributed by atoms with van der Waals surface area (Å²) in [6.45, 7) is 7.74. The molecule has 0 bridgehead atoms. The maximum absolute atomic E-state index is 13.5. The highest BCUT2D eigenvalue weighted by molar-refractivity contribution is 5.88. The van der Waals surface area contributed by atoms with E-state index < -0.39 is 17.7 Å². The number of terminal acetylenes is 1. The zero-order valence-corrected chi connectivity index (χ0v) is 22.6. The number of nitrogens with two attached hydrogens (primary N) is 1. The van der Waals surface area contributed by atoms with E-state index in [0.29, 0.717) is 13.2 Å². The zero-order chi connectivity index (χ0) is 27.5. The van der Waals surface area contributed by atoms with E-state index in [9.17, 15) is 9.59 Å². The number of hydrogen-bond donors (Lipinski definition) is 3. The van der Waals surface area contributed by atoms with Gasteiger partial charge in [-0.15, -0.1) is 6.42 Å². The van der Waals surface area contributed by atoms with Crippen molar-refractivity contribution >= 4 is 18.2 Å². The van der Waals surface area contributed by atoms with E-state index in [1.165, 1.54) is 0 Å². The summed E-state index contributed by atoms with van der Waals surface area (Å²) >= 11 is 0. The van der Waals surface area contributed by atoms with Gasteiger partial charge in [0.1, 0.15) is 18.4 Å². The van der Waals surface area contributed by atoms with Crippen LogP contribution in [0.25, 0.3) is 0 Å².